The SMILES string of the molecule is O=[N+]([O-])c1c(NCc2ccc(F)cc2Cl)ncnc1N1CCOCC1. The maximum Gasteiger partial charge on any atom is 0.353 e. The third-order valence-electron chi connectivity index (χ3n) is 3.76. The molecule has 1 aromatic carbocycles. The molecule has 1 aliphatic heterocycles. The zero-order valence-electron chi connectivity index (χ0n) is 13.1. The topological polar surface area (TPSA) is 93.4 Å². The first-order valence-corrected chi connectivity index (χ1v) is 7.94. The van der Waals surface area contributed by atoms with Crippen molar-refractivity contribution in [2.45, 2.75) is 6.54 Å². The van der Waals surface area contributed by atoms with Crippen molar-refractivity contribution in [1.29, 1.82) is 0 Å². The fourth-order valence-corrected chi connectivity index (χ4v) is 2.75. The molecule has 25 heavy (non-hydrogen) atoms. The maximum atomic E-state index is 13.1. The third-order valence-corrected chi connectivity index (χ3v) is 4.11. The summed E-state index contributed by atoms with van der Waals surface area (Å²) in [5, 5.41) is 14.7. The van der Waals surface area contributed by atoms with Crippen LogP contribution < -0.4 is 10.2 Å². The van der Waals surface area contributed by atoms with E-state index in [1.165, 1.54) is 24.5 Å². The van der Waals surface area contributed by atoms with Crippen LogP contribution >= 0.6 is 11.6 Å². The Labute approximate surface area is 147 Å². The van der Waals surface area contributed by atoms with Gasteiger partial charge in [0.15, 0.2) is 0 Å². The minimum Gasteiger partial charge on any atom is -0.378 e. The highest BCUT2D eigenvalue weighted by Crippen LogP contribution is 2.32. The second-order valence-electron chi connectivity index (χ2n) is 5.34. The fraction of sp³-hybridized carbons (Fsp3) is 0.333. The molecule has 1 saturated heterocycles. The molecule has 132 valence electrons. The van der Waals surface area contributed by atoms with Gasteiger partial charge in [0.2, 0.25) is 11.6 Å². The second kappa shape index (κ2) is 7.58. The van der Waals surface area contributed by atoms with Crippen LogP contribution in [0.1, 0.15) is 5.56 Å². The number of morpholine rings is 1. The maximum absolute atomic E-state index is 13.1. The van der Waals surface area contributed by atoms with Crippen molar-refractivity contribution in [3.8, 4) is 0 Å². The summed E-state index contributed by atoms with van der Waals surface area (Å²) in [6.07, 6.45) is 1.27. The van der Waals surface area contributed by atoms with E-state index in [4.69, 9.17) is 16.3 Å². The summed E-state index contributed by atoms with van der Waals surface area (Å²) in [7, 11) is 0. The average molecular weight is 368 g/mol. The van der Waals surface area contributed by atoms with Gasteiger partial charge in [0.25, 0.3) is 0 Å². The second-order valence-corrected chi connectivity index (χ2v) is 5.75. The summed E-state index contributed by atoms with van der Waals surface area (Å²) < 4.78 is 18.4. The van der Waals surface area contributed by atoms with Crippen molar-refractivity contribution >= 4 is 28.9 Å². The molecular weight excluding hydrogens is 353 g/mol. The van der Waals surface area contributed by atoms with E-state index >= 15 is 0 Å². The number of hydrogen-bond acceptors (Lipinski definition) is 7. The number of rotatable bonds is 5. The summed E-state index contributed by atoms with van der Waals surface area (Å²) in [4.78, 5) is 20.9. The summed E-state index contributed by atoms with van der Waals surface area (Å²) >= 11 is 5.98. The number of nitro groups is 1. The summed E-state index contributed by atoms with van der Waals surface area (Å²) in [6, 6.07) is 3.98. The molecule has 0 spiro atoms. The van der Waals surface area contributed by atoms with Crippen LogP contribution in [-0.2, 0) is 11.3 Å². The van der Waals surface area contributed by atoms with E-state index in [1.54, 1.807) is 4.90 Å². The smallest absolute Gasteiger partial charge is 0.353 e. The molecule has 8 nitrogen and oxygen atoms in total. The number of hydrogen-bond donors (Lipinski definition) is 1. The molecule has 10 heteroatoms. The van der Waals surface area contributed by atoms with Crippen LogP contribution in [0.3, 0.4) is 0 Å². The lowest BCUT2D eigenvalue weighted by atomic mass is 10.2. The predicted molar refractivity (Wildman–Crippen MR) is 90.5 cm³/mol. The minimum absolute atomic E-state index is 0.0851. The molecule has 0 saturated carbocycles. The number of ether oxygens (including phenoxy) is 1. The quantitative estimate of drug-likeness (QED) is 0.641. The molecule has 1 aromatic heterocycles. The van der Waals surface area contributed by atoms with Gasteiger partial charge >= 0.3 is 5.69 Å². The molecule has 0 aliphatic carbocycles. The standard InChI is InChI=1S/C15H15ClFN5O3/c16-12-7-11(17)2-1-10(12)8-18-14-13(22(23)24)15(20-9-19-14)21-3-5-25-6-4-21/h1-2,7,9H,3-6,8H2,(H,18,19,20). The highest BCUT2D eigenvalue weighted by atomic mass is 35.5. The molecule has 3 rings (SSSR count). The van der Waals surface area contributed by atoms with Crippen molar-refractivity contribution < 1.29 is 14.1 Å². The Kier molecular flexibility index (Phi) is 5.25. The Hall–Kier alpha value is -2.52. The zero-order valence-corrected chi connectivity index (χ0v) is 13.9. The molecule has 0 amide bonds. The van der Waals surface area contributed by atoms with Gasteiger partial charge in [-0.15, -0.1) is 0 Å². The van der Waals surface area contributed by atoms with Crippen molar-refractivity contribution in [2.75, 3.05) is 36.5 Å². The Balaban J connectivity index is 1.86. The molecule has 2 heterocycles. The molecule has 0 radical (unpaired) electrons. The minimum atomic E-state index is -0.514. The Morgan fingerprint density at radius 1 is 1.36 bits per heavy atom. The number of nitrogens with zero attached hydrogens (tertiary/aromatic N) is 4. The lowest BCUT2D eigenvalue weighted by molar-refractivity contribution is -0.383. The molecule has 1 fully saturated rings. The Morgan fingerprint density at radius 3 is 2.80 bits per heavy atom. The Morgan fingerprint density at radius 2 is 2.12 bits per heavy atom. The highest BCUT2D eigenvalue weighted by molar-refractivity contribution is 6.31. The number of nitrogens with one attached hydrogen (secondary N) is 1. The van der Waals surface area contributed by atoms with E-state index in [9.17, 15) is 14.5 Å². The van der Waals surface area contributed by atoms with E-state index in [0.717, 1.165) is 0 Å². The van der Waals surface area contributed by atoms with Gasteiger partial charge in [0.1, 0.15) is 12.1 Å². The summed E-state index contributed by atoms with van der Waals surface area (Å²) in [6.45, 7) is 2.16. The van der Waals surface area contributed by atoms with E-state index < -0.39 is 10.7 Å². The largest absolute Gasteiger partial charge is 0.378 e. The van der Waals surface area contributed by atoms with Crippen LogP contribution in [0.2, 0.25) is 5.02 Å². The van der Waals surface area contributed by atoms with Gasteiger partial charge in [0, 0.05) is 24.7 Å². The Bertz CT molecular complexity index is 786. The van der Waals surface area contributed by atoms with E-state index in [-0.39, 0.29) is 28.9 Å². The molecule has 0 unspecified atom stereocenters. The lowest BCUT2D eigenvalue weighted by Gasteiger charge is -2.27. The van der Waals surface area contributed by atoms with Gasteiger partial charge in [-0.2, -0.15) is 0 Å². The first-order valence-electron chi connectivity index (χ1n) is 7.56. The van der Waals surface area contributed by atoms with Crippen LogP contribution in [-0.4, -0.2) is 41.2 Å². The van der Waals surface area contributed by atoms with Gasteiger partial charge < -0.3 is 15.0 Å². The number of anilines is 2. The van der Waals surface area contributed by atoms with Crippen molar-refractivity contribution in [2.24, 2.45) is 0 Å². The van der Waals surface area contributed by atoms with E-state index in [0.29, 0.717) is 31.9 Å². The molecular formula is C15H15ClFN5O3. The number of halogens is 2. The summed E-state index contributed by atoms with van der Waals surface area (Å²) in [5.74, 6) is -0.116. The van der Waals surface area contributed by atoms with E-state index in [1.807, 2.05) is 0 Å². The molecule has 0 atom stereocenters. The lowest BCUT2D eigenvalue weighted by Crippen LogP contribution is -2.37. The molecule has 0 bridgehead atoms. The van der Waals surface area contributed by atoms with Gasteiger partial charge in [-0.1, -0.05) is 17.7 Å². The predicted octanol–water partition coefficient (Wildman–Crippen LogP) is 2.63. The van der Waals surface area contributed by atoms with Crippen molar-refractivity contribution in [3.05, 3.63) is 51.0 Å². The first-order chi connectivity index (χ1) is 12.1. The number of aromatic nitrogens is 2. The highest BCUT2D eigenvalue weighted by Gasteiger charge is 2.28. The van der Waals surface area contributed by atoms with E-state index in [2.05, 4.69) is 15.3 Å². The normalized spacial score (nSPS) is 14.4. The number of benzene rings is 1. The third kappa shape index (κ3) is 3.94. The molecule has 1 N–H and O–H groups in total. The monoisotopic (exact) mass is 367 g/mol. The fourth-order valence-electron chi connectivity index (χ4n) is 2.52. The summed E-state index contributed by atoms with van der Waals surface area (Å²) in [5.41, 5.74) is 0.395. The van der Waals surface area contributed by atoms with Crippen molar-refractivity contribution in [3.63, 3.8) is 0 Å². The van der Waals surface area contributed by atoms with Gasteiger partial charge in [-0.05, 0) is 17.7 Å². The van der Waals surface area contributed by atoms with Crippen LogP contribution in [0.4, 0.5) is 21.7 Å². The van der Waals surface area contributed by atoms with Gasteiger partial charge in [0.05, 0.1) is 18.1 Å². The first kappa shape index (κ1) is 17.3. The van der Waals surface area contributed by atoms with Crippen LogP contribution in [0, 0.1) is 15.9 Å². The van der Waals surface area contributed by atoms with Crippen LogP contribution in [0.5, 0.6) is 0 Å². The van der Waals surface area contributed by atoms with Gasteiger partial charge in [-0.3, -0.25) is 10.1 Å². The van der Waals surface area contributed by atoms with Crippen LogP contribution in [0.15, 0.2) is 24.5 Å². The van der Waals surface area contributed by atoms with Gasteiger partial charge in [-0.25, -0.2) is 14.4 Å². The molecule has 1 aliphatic rings. The average Bonchev–Trinajstić information content (AvgIpc) is 2.61. The van der Waals surface area contributed by atoms with Crippen molar-refractivity contribution in [1.82, 2.24) is 9.97 Å². The van der Waals surface area contributed by atoms with Crippen LogP contribution in [0.25, 0.3) is 0 Å². The zero-order chi connectivity index (χ0) is 17.8. The molecule has 2 aromatic rings.